The first-order valence-electron chi connectivity index (χ1n) is 14.3. The van der Waals surface area contributed by atoms with Gasteiger partial charge in [-0.25, -0.2) is 19.7 Å². The molecule has 0 unspecified atom stereocenters. The fourth-order valence-electron chi connectivity index (χ4n) is 4.32. The van der Waals surface area contributed by atoms with Gasteiger partial charge in [-0.3, -0.25) is 10.1 Å². The van der Waals surface area contributed by atoms with Crippen LogP contribution in [-0.4, -0.2) is 32.6 Å². The Morgan fingerprint density at radius 1 is 0.889 bits per heavy atom. The number of anilines is 4. The van der Waals surface area contributed by atoms with Crippen LogP contribution in [-0.2, 0) is 4.74 Å². The minimum atomic E-state index is -0.612. The van der Waals surface area contributed by atoms with Gasteiger partial charge in [-0.1, -0.05) is 53.7 Å². The van der Waals surface area contributed by atoms with Crippen LogP contribution in [0.25, 0.3) is 11.0 Å². The van der Waals surface area contributed by atoms with Crippen molar-refractivity contribution in [3.05, 3.63) is 101 Å². The van der Waals surface area contributed by atoms with Crippen LogP contribution < -0.4 is 16.0 Å². The minimum Gasteiger partial charge on any atom is -0.444 e. The predicted molar refractivity (Wildman–Crippen MR) is 184 cm³/mol. The van der Waals surface area contributed by atoms with Crippen LogP contribution in [0.2, 0.25) is 0 Å². The molecule has 0 bridgehead atoms. The van der Waals surface area contributed by atoms with Gasteiger partial charge in [0.15, 0.2) is 5.65 Å². The van der Waals surface area contributed by atoms with E-state index in [-0.39, 0.29) is 11.8 Å². The number of rotatable bonds is 8. The predicted octanol–water partition coefficient (Wildman–Crippen LogP) is 9.40. The largest absolute Gasteiger partial charge is 0.444 e. The molecule has 5 aromatic rings. The van der Waals surface area contributed by atoms with Crippen LogP contribution in [0.3, 0.4) is 0 Å². The number of benzene rings is 3. The summed E-state index contributed by atoms with van der Waals surface area (Å²) in [6, 6.07) is 24.3. The van der Waals surface area contributed by atoms with Gasteiger partial charge in [0.1, 0.15) is 17.7 Å². The fourth-order valence-corrected chi connectivity index (χ4v) is 5.66. The minimum absolute atomic E-state index is 0.254. The van der Waals surface area contributed by atoms with Gasteiger partial charge in [-0.2, -0.15) is 0 Å². The van der Waals surface area contributed by atoms with E-state index in [1.807, 2.05) is 81.4 Å². The van der Waals surface area contributed by atoms with Crippen LogP contribution in [0, 0.1) is 0 Å². The first-order chi connectivity index (χ1) is 21.4. The summed E-state index contributed by atoms with van der Waals surface area (Å²) in [5.41, 5.74) is 3.31. The number of pyridine rings is 1. The van der Waals surface area contributed by atoms with Crippen molar-refractivity contribution < 1.29 is 14.3 Å². The van der Waals surface area contributed by atoms with Crippen LogP contribution in [0.15, 0.2) is 99.5 Å². The molecule has 0 aliphatic rings. The lowest BCUT2D eigenvalue weighted by molar-refractivity contribution is 0.0635. The van der Waals surface area contributed by atoms with Gasteiger partial charge >= 0.3 is 6.09 Å². The van der Waals surface area contributed by atoms with Crippen molar-refractivity contribution >= 4 is 73.6 Å². The molecule has 0 spiro atoms. The van der Waals surface area contributed by atoms with Crippen LogP contribution in [0.4, 0.5) is 27.7 Å². The normalized spacial score (nSPS) is 11.4. The zero-order valence-corrected chi connectivity index (χ0v) is 27.9. The molecule has 0 aliphatic heterocycles. The molecule has 0 atom stereocenters. The van der Waals surface area contributed by atoms with E-state index in [0.717, 1.165) is 25.3 Å². The molecule has 2 amide bonds. The van der Waals surface area contributed by atoms with Crippen LogP contribution in [0.1, 0.15) is 56.6 Å². The molecule has 0 fully saturated rings. The van der Waals surface area contributed by atoms with Gasteiger partial charge in [0.25, 0.3) is 5.91 Å². The number of amides is 2. The molecule has 0 aliphatic carbocycles. The van der Waals surface area contributed by atoms with Crippen LogP contribution >= 0.6 is 27.7 Å². The Labute approximate surface area is 274 Å². The zero-order chi connectivity index (χ0) is 32.1. The number of hydrogen-bond acceptors (Lipinski definition) is 8. The standard InChI is InChI=1S/C34H33BrN6O3S/c1-20(2)27-14-13-26-30(40-27)36-19-37-31(26)41-28-16-21(32(42)38-23-9-6-8-22(35)17-23)12-15-29(28)45-25-11-7-10-24(18-25)39-33(43)44-34(3,4)5/h6-20H,1-5H3,(H,38,42)(H,39,43)(H,36,37,40,41). The Kier molecular flexibility index (Phi) is 9.69. The lowest BCUT2D eigenvalue weighted by Crippen LogP contribution is -2.27. The Balaban J connectivity index is 1.48. The summed E-state index contributed by atoms with van der Waals surface area (Å²) in [6.07, 6.45) is 0.946. The monoisotopic (exact) mass is 684 g/mol. The third-order valence-electron chi connectivity index (χ3n) is 6.39. The Bertz CT molecular complexity index is 1880. The quantitative estimate of drug-likeness (QED) is 0.148. The smallest absolute Gasteiger partial charge is 0.412 e. The number of nitrogens with zero attached hydrogens (tertiary/aromatic N) is 3. The summed E-state index contributed by atoms with van der Waals surface area (Å²) in [5, 5.41) is 9.94. The summed E-state index contributed by atoms with van der Waals surface area (Å²) >= 11 is 4.92. The topological polar surface area (TPSA) is 118 Å². The number of fused-ring (bicyclic) bond motifs is 1. The average molecular weight is 686 g/mol. The molecule has 11 heteroatoms. The number of carbonyl (C=O) groups is 2. The highest BCUT2D eigenvalue weighted by Gasteiger charge is 2.18. The van der Waals surface area contributed by atoms with Gasteiger partial charge in [0.05, 0.1) is 11.1 Å². The van der Waals surface area contributed by atoms with Gasteiger partial charge in [-0.05, 0) is 93.4 Å². The van der Waals surface area contributed by atoms with Crippen molar-refractivity contribution in [2.75, 3.05) is 16.0 Å². The van der Waals surface area contributed by atoms with Gasteiger partial charge < -0.3 is 15.4 Å². The van der Waals surface area contributed by atoms with Gasteiger partial charge in [-0.15, -0.1) is 0 Å². The van der Waals surface area contributed by atoms with Gasteiger partial charge in [0, 0.05) is 36.9 Å². The first-order valence-corrected chi connectivity index (χ1v) is 15.9. The third-order valence-corrected chi connectivity index (χ3v) is 7.95. The second kappa shape index (κ2) is 13.7. The second-order valence-corrected chi connectivity index (χ2v) is 13.6. The van der Waals surface area contributed by atoms with E-state index in [0.29, 0.717) is 34.1 Å². The highest BCUT2D eigenvalue weighted by molar-refractivity contribution is 9.10. The maximum absolute atomic E-state index is 13.3. The van der Waals surface area contributed by atoms with E-state index in [1.165, 1.54) is 18.1 Å². The van der Waals surface area contributed by atoms with Crippen molar-refractivity contribution in [1.82, 2.24) is 15.0 Å². The molecule has 230 valence electrons. The van der Waals surface area contributed by atoms with E-state index in [1.54, 1.807) is 18.2 Å². The van der Waals surface area contributed by atoms with E-state index in [9.17, 15) is 9.59 Å². The molecule has 2 aromatic heterocycles. The van der Waals surface area contributed by atoms with E-state index in [2.05, 4.69) is 55.7 Å². The average Bonchev–Trinajstić information content (AvgIpc) is 2.97. The number of aromatic nitrogens is 3. The van der Waals surface area contributed by atoms with Crippen molar-refractivity contribution in [3.63, 3.8) is 0 Å². The van der Waals surface area contributed by atoms with E-state index < -0.39 is 11.7 Å². The maximum atomic E-state index is 13.3. The highest BCUT2D eigenvalue weighted by Crippen LogP contribution is 2.37. The number of ether oxygens (including phenoxy) is 1. The Morgan fingerprint density at radius 2 is 1.64 bits per heavy atom. The number of hydrogen-bond donors (Lipinski definition) is 3. The molecular formula is C34H33BrN6O3S. The summed E-state index contributed by atoms with van der Waals surface area (Å²) < 4.78 is 6.26. The number of nitrogens with one attached hydrogen (secondary N) is 3. The molecule has 2 heterocycles. The molecular weight excluding hydrogens is 652 g/mol. The zero-order valence-electron chi connectivity index (χ0n) is 25.5. The maximum Gasteiger partial charge on any atom is 0.412 e. The summed E-state index contributed by atoms with van der Waals surface area (Å²) in [7, 11) is 0. The molecule has 0 saturated heterocycles. The lowest BCUT2D eigenvalue weighted by atomic mass is 10.1. The summed E-state index contributed by atoms with van der Waals surface area (Å²) in [4.78, 5) is 41.0. The summed E-state index contributed by atoms with van der Waals surface area (Å²) in [6.45, 7) is 9.62. The lowest BCUT2D eigenvalue weighted by Gasteiger charge is -2.19. The fraction of sp³-hybridized carbons (Fsp3) is 0.206. The first kappa shape index (κ1) is 31.9. The molecule has 3 aromatic carbocycles. The highest BCUT2D eigenvalue weighted by atomic mass is 79.9. The van der Waals surface area contributed by atoms with E-state index in [4.69, 9.17) is 9.72 Å². The SMILES string of the molecule is CC(C)c1ccc2c(Nc3cc(C(=O)Nc4cccc(Br)c4)ccc3Sc3cccc(NC(=O)OC(C)(C)C)c3)ncnc2n1. The summed E-state index contributed by atoms with van der Waals surface area (Å²) in [5.74, 6) is 0.561. The third kappa shape index (κ3) is 8.58. The molecule has 3 N–H and O–H groups in total. The molecule has 45 heavy (non-hydrogen) atoms. The molecule has 5 rings (SSSR count). The van der Waals surface area contributed by atoms with Crippen LogP contribution in [0.5, 0.6) is 0 Å². The molecule has 0 radical (unpaired) electrons. The van der Waals surface area contributed by atoms with Crippen molar-refractivity contribution in [3.8, 4) is 0 Å². The van der Waals surface area contributed by atoms with E-state index >= 15 is 0 Å². The molecule has 9 nitrogen and oxygen atoms in total. The number of carbonyl (C=O) groups excluding carboxylic acids is 2. The second-order valence-electron chi connectivity index (χ2n) is 11.5. The van der Waals surface area contributed by atoms with Gasteiger partial charge in [0.2, 0.25) is 0 Å². The molecule has 0 saturated carbocycles. The van der Waals surface area contributed by atoms with Crippen molar-refractivity contribution in [1.29, 1.82) is 0 Å². The number of halogens is 1. The van der Waals surface area contributed by atoms with Crippen molar-refractivity contribution in [2.24, 2.45) is 0 Å². The Hall–Kier alpha value is -4.48. The van der Waals surface area contributed by atoms with Crippen molar-refractivity contribution in [2.45, 2.75) is 55.9 Å². The Morgan fingerprint density at radius 3 is 2.38 bits per heavy atom.